The van der Waals surface area contributed by atoms with Crippen molar-refractivity contribution in [3.63, 3.8) is 0 Å². The molecule has 2 rings (SSSR count). The second-order valence-electron chi connectivity index (χ2n) is 3.08. The summed E-state index contributed by atoms with van der Waals surface area (Å²) in [5, 5.41) is 0. The van der Waals surface area contributed by atoms with Gasteiger partial charge in [0.15, 0.2) is 0 Å². The topological polar surface area (TPSA) is 26.3 Å². The van der Waals surface area contributed by atoms with E-state index < -0.39 is 11.8 Å². The summed E-state index contributed by atoms with van der Waals surface area (Å²) in [5.41, 5.74) is 0.0226. The van der Waals surface area contributed by atoms with Gasteiger partial charge in [-0.2, -0.15) is 0 Å². The number of esters is 1. The molecule has 1 saturated carbocycles. The fourth-order valence-corrected chi connectivity index (χ4v) is 1.03. The number of rotatable bonds is 2. The van der Waals surface area contributed by atoms with E-state index in [0.717, 1.165) is 12.8 Å². The van der Waals surface area contributed by atoms with Crippen molar-refractivity contribution < 1.29 is 13.9 Å². The van der Waals surface area contributed by atoms with Gasteiger partial charge in [-0.3, -0.25) is 0 Å². The third kappa shape index (κ3) is 1.86. The van der Waals surface area contributed by atoms with Crippen LogP contribution in [0.25, 0.3) is 0 Å². The van der Waals surface area contributed by atoms with Crippen LogP contribution in [-0.2, 0) is 4.74 Å². The van der Waals surface area contributed by atoms with E-state index in [2.05, 4.69) is 0 Å². The van der Waals surface area contributed by atoms with Crippen molar-refractivity contribution in [2.45, 2.75) is 18.9 Å². The van der Waals surface area contributed by atoms with Crippen molar-refractivity contribution in [3.8, 4) is 0 Å². The Morgan fingerprint density at radius 2 is 2.08 bits per heavy atom. The van der Waals surface area contributed by atoms with Gasteiger partial charge in [-0.1, -0.05) is 12.1 Å². The van der Waals surface area contributed by atoms with Crippen LogP contribution in [-0.4, -0.2) is 12.1 Å². The molecule has 2 nitrogen and oxygen atoms in total. The molecule has 0 heterocycles. The summed E-state index contributed by atoms with van der Waals surface area (Å²) >= 11 is 0. The lowest BCUT2D eigenvalue weighted by Gasteiger charge is -2.02. The highest BCUT2D eigenvalue weighted by Crippen LogP contribution is 2.25. The first-order chi connectivity index (χ1) is 6.27. The normalized spacial score (nSPS) is 15.5. The Morgan fingerprint density at radius 3 is 2.69 bits per heavy atom. The summed E-state index contributed by atoms with van der Waals surface area (Å²) in [6.07, 6.45) is 1.83. The molecule has 0 aromatic heterocycles. The second-order valence-corrected chi connectivity index (χ2v) is 3.08. The molecule has 1 fully saturated rings. The molecule has 0 unspecified atom stereocenters. The maximum atomic E-state index is 13.0. The Morgan fingerprint density at radius 1 is 1.38 bits per heavy atom. The van der Waals surface area contributed by atoms with Gasteiger partial charge in [0.25, 0.3) is 0 Å². The number of ether oxygens (including phenoxy) is 1. The third-order valence-corrected chi connectivity index (χ3v) is 1.89. The fraction of sp³-hybridized carbons (Fsp3) is 0.300. The average Bonchev–Trinajstić information content (AvgIpc) is 2.89. The molecule has 1 aromatic rings. The van der Waals surface area contributed by atoms with Crippen LogP contribution < -0.4 is 0 Å². The summed E-state index contributed by atoms with van der Waals surface area (Å²) in [7, 11) is 0. The van der Waals surface area contributed by atoms with Gasteiger partial charge in [-0.05, 0) is 25.0 Å². The van der Waals surface area contributed by atoms with Crippen LogP contribution in [0.1, 0.15) is 23.2 Å². The van der Waals surface area contributed by atoms with Crippen molar-refractivity contribution in [3.05, 3.63) is 35.6 Å². The molecule has 0 radical (unpaired) electrons. The molecule has 0 spiro atoms. The van der Waals surface area contributed by atoms with E-state index >= 15 is 0 Å². The number of hydrogen-bond donors (Lipinski definition) is 0. The van der Waals surface area contributed by atoms with Crippen molar-refractivity contribution >= 4 is 5.97 Å². The van der Waals surface area contributed by atoms with Crippen LogP contribution in [0.5, 0.6) is 0 Å². The first kappa shape index (κ1) is 8.23. The van der Waals surface area contributed by atoms with Gasteiger partial charge in [0.05, 0.1) is 5.56 Å². The maximum Gasteiger partial charge on any atom is 0.341 e. The highest BCUT2D eigenvalue weighted by atomic mass is 19.1. The monoisotopic (exact) mass is 180 g/mol. The lowest BCUT2D eigenvalue weighted by molar-refractivity contribution is 0.0467. The lowest BCUT2D eigenvalue weighted by atomic mass is 10.2. The highest BCUT2D eigenvalue weighted by molar-refractivity contribution is 5.89. The van der Waals surface area contributed by atoms with Gasteiger partial charge in [0.2, 0.25) is 0 Å². The summed E-state index contributed by atoms with van der Waals surface area (Å²) in [5.74, 6) is -1.08. The molecular formula is C10H9FO2. The number of carbonyl (C=O) groups excluding carboxylic acids is 1. The Hall–Kier alpha value is -1.38. The van der Waals surface area contributed by atoms with Crippen molar-refractivity contribution in [1.82, 2.24) is 0 Å². The predicted molar refractivity (Wildman–Crippen MR) is 44.8 cm³/mol. The minimum absolute atomic E-state index is 0.0205. The minimum atomic E-state index is -0.555. The molecule has 13 heavy (non-hydrogen) atoms. The first-order valence-electron chi connectivity index (χ1n) is 4.23. The van der Waals surface area contributed by atoms with Crippen LogP contribution in [0.4, 0.5) is 4.39 Å². The lowest BCUT2D eigenvalue weighted by Crippen LogP contribution is -2.08. The molecule has 0 atom stereocenters. The number of hydrogen-bond acceptors (Lipinski definition) is 2. The second kappa shape index (κ2) is 3.17. The zero-order chi connectivity index (χ0) is 9.26. The molecule has 3 heteroatoms. The summed E-state index contributed by atoms with van der Waals surface area (Å²) in [4.78, 5) is 11.3. The smallest absolute Gasteiger partial charge is 0.341 e. The zero-order valence-electron chi connectivity index (χ0n) is 7.00. The Labute approximate surface area is 75.3 Å². The molecule has 0 aliphatic heterocycles. The van der Waals surface area contributed by atoms with E-state index in [9.17, 15) is 9.18 Å². The first-order valence-corrected chi connectivity index (χ1v) is 4.23. The van der Waals surface area contributed by atoms with Crippen molar-refractivity contribution in [2.24, 2.45) is 0 Å². The van der Waals surface area contributed by atoms with Crippen molar-refractivity contribution in [1.29, 1.82) is 0 Å². The number of carbonyl (C=O) groups is 1. The van der Waals surface area contributed by atoms with E-state index in [4.69, 9.17) is 4.74 Å². The molecule has 0 saturated heterocycles. The molecule has 68 valence electrons. The van der Waals surface area contributed by atoms with Crippen LogP contribution in [0.2, 0.25) is 0 Å². The SMILES string of the molecule is O=C(OC1CC1)c1ccccc1F. The average molecular weight is 180 g/mol. The van der Waals surface area contributed by atoms with E-state index in [-0.39, 0.29) is 11.7 Å². The van der Waals surface area contributed by atoms with E-state index in [0.29, 0.717) is 0 Å². The van der Waals surface area contributed by atoms with Crippen LogP contribution in [0.15, 0.2) is 24.3 Å². The summed E-state index contributed by atoms with van der Waals surface area (Å²) < 4.78 is 18.0. The number of benzene rings is 1. The van der Waals surface area contributed by atoms with E-state index in [1.807, 2.05) is 0 Å². The molecular weight excluding hydrogens is 171 g/mol. The van der Waals surface area contributed by atoms with E-state index in [1.54, 1.807) is 12.1 Å². The molecule has 0 N–H and O–H groups in total. The van der Waals surface area contributed by atoms with Crippen LogP contribution in [0, 0.1) is 5.82 Å². The van der Waals surface area contributed by atoms with Gasteiger partial charge >= 0.3 is 5.97 Å². The molecule has 1 aromatic carbocycles. The Bertz CT molecular complexity index is 331. The van der Waals surface area contributed by atoms with Gasteiger partial charge in [-0.25, -0.2) is 9.18 Å². The predicted octanol–water partition coefficient (Wildman–Crippen LogP) is 2.14. The Kier molecular flexibility index (Phi) is 2.00. The van der Waals surface area contributed by atoms with Gasteiger partial charge in [0.1, 0.15) is 11.9 Å². The van der Waals surface area contributed by atoms with Crippen molar-refractivity contribution in [2.75, 3.05) is 0 Å². The number of halogens is 1. The molecule has 0 amide bonds. The van der Waals surface area contributed by atoms with Crippen LogP contribution in [0.3, 0.4) is 0 Å². The zero-order valence-corrected chi connectivity index (χ0v) is 7.00. The third-order valence-electron chi connectivity index (χ3n) is 1.89. The summed E-state index contributed by atoms with van der Waals surface area (Å²) in [6, 6.07) is 5.85. The summed E-state index contributed by atoms with van der Waals surface area (Å²) in [6.45, 7) is 0. The Balaban J connectivity index is 2.13. The van der Waals surface area contributed by atoms with E-state index in [1.165, 1.54) is 12.1 Å². The standard InChI is InChI=1S/C10H9FO2/c11-9-4-2-1-3-8(9)10(12)13-7-5-6-7/h1-4,7H,5-6H2. The highest BCUT2D eigenvalue weighted by Gasteiger charge is 2.27. The van der Waals surface area contributed by atoms with Crippen LogP contribution >= 0.6 is 0 Å². The minimum Gasteiger partial charge on any atom is -0.459 e. The fourth-order valence-electron chi connectivity index (χ4n) is 1.03. The molecule has 0 bridgehead atoms. The largest absolute Gasteiger partial charge is 0.459 e. The van der Waals surface area contributed by atoms with Gasteiger partial charge in [-0.15, -0.1) is 0 Å². The van der Waals surface area contributed by atoms with Gasteiger partial charge < -0.3 is 4.74 Å². The molecule has 1 aliphatic rings. The molecule has 1 aliphatic carbocycles. The maximum absolute atomic E-state index is 13.0. The van der Waals surface area contributed by atoms with Gasteiger partial charge in [0, 0.05) is 0 Å². The quantitative estimate of drug-likeness (QED) is 0.652.